The van der Waals surface area contributed by atoms with Gasteiger partial charge in [0, 0.05) is 28.1 Å². The Morgan fingerprint density at radius 2 is 1.43 bits per heavy atom. The molecule has 0 saturated carbocycles. The first-order chi connectivity index (χ1) is 20.8. The lowest BCUT2D eigenvalue weighted by molar-refractivity contribution is 0.656. The van der Waals surface area contributed by atoms with Crippen molar-refractivity contribution in [2.24, 2.45) is 9.98 Å². The van der Waals surface area contributed by atoms with Crippen molar-refractivity contribution in [3.63, 3.8) is 0 Å². The molecule has 0 atom stereocenters. The van der Waals surface area contributed by atoms with Crippen molar-refractivity contribution in [2.45, 2.75) is 32.2 Å². The van der Waals surface area contributed by atoms with Crippen molar-refractivity contribution in [3.05, 3.63) is 149 Å². The second kappa shape index (κ2) is 11.4. The van der Waals surface area contributed by atoms with Crippen molar-refractivity contribution < 1.29 is 0 Å². The number of para-hydroxylation sites is 2. The summed E-state index contributed by atoms with van der Waals surface area (Å²) in [6, 6.07) is 42.3. The summed E-state index contributed by atoms with van der Waals surface area (Å²) in [7, 11) is 0. The van der Waals surface area contributed by atoms with E-state index in [0.29, 0.717) is 6.54 Å². The van der Waals surface area contributed by atoms with Crippen LogP contribution in [0.3, 0.4) is 0 Å². The molecule has 0 aliphatic heterocycles. The Kier molecular flexibility index (Phi) is 7.03. The molecule has 0 N–H and O–H groups in total. The number of imidazole rings is 1. The number of fused-ring (bicyclic) bond motifs is 2. The number of rotatable bonds is 7. The van der Waals surface area contributed by atoms with Crippen LogP contribution in [0.4, 0.5) is 5.69 Å². The van der Waals surface area contributed by atoms with Crippen LogP contribution in [0.15, 0.2) is 131 Å². The van der Waals surface area contributed by atoms with Gasteiger partial charge in [0.25, 0.3) is 0 Å². The van der Waals surface area contributed by atoms with E-state index in [-0.39, 0.29) is 0 Å². The lowest BCUT2D eigenvalue weighted by Gasteiger charge is -2.15. The van der Waals surface area contributed by atoms with E-state index in [1.165, 1.54) is 40.7 Å². The minimum atomic E-state index is 0.550. The van der Waals surface area contributed by atoms with Gasteiger partial charge in [-0.2, -0.15) is 0 Å². The van der Waals surface area contributed by atoms with Crippen molar-refractivity contribution >= 4 is 28.9 Å². The molecular weight excluding hydrogens is 512 g/mol. The normalized spacial score (nSPS) is 13.2. The highest BCUT2D eigenvalue weighted by Crippen LogP contribution is 2.32. The number of aryl methyl sites for hydroxylation is 1. The highest BCUT2D eigenvalue weighted by atomic mass is 15.1. The average molecular weight is 545 g/mol. The summed E-state index contributed by atoms with van der Waals surface area (Å²) in [6.07, 6.45) is 4.54. The van der Waals surface area contributed by atoms with E-state index in [0.717, 1.165) is 52.3 Å². The van der Waals surface area contributed by atoms with Crippen LogP contribution in [0.2, 0.25) is 0 Å². The smallest absolute Gasteiger partial charge is 0.145 e. The minimum Gasteiger partial charge on any atom is -0.296 e. The van der Waals surface area contributed by atoms with Crippen LogP contribution in [0.1, 0.15) is 40.9 Å². The van der Waals surface area contributed by atoms with Gasteiger partial charge in [0.1, 0.15) is 5.82 Å². The van der Waals surface area contributed by atoms with E-state index in [9.17, 15) is 0 Å². The van der Waals surface area contributed by atoms with Gasteiger partial charge in [0.05, 0.1) is 23.6 Å². The summed E-state index contributed by atoms with van der Waals surface area (Å²) in [5.41, 5.74) is 9.86. The van der Waals surface area contributed by atoms with Gasteiger partial charge in [-0.05, 0) is 66.9 Å². The summed E-state index contributed by atoms with van der Waals surface area (Å²) >= 11 is 0. The van der Waals surface area contributed by atoms with Gasteiger partial charge in [-0.3, -0.25) is 14.6 Å². The lowest BCUT2D eigenvalue weighted by Crippen LogP contribution is -2.07. The molecule has 0 fully saturated rings. The SMILES string of the molecule is C=Nc1ccccc1C(=NCc1ccc(-c2nc3c(n2-c2ccccc2)CCCC3)cc1)c1cccc2ccccc12. The number of aromatic nitrogens is 2. The van der Waals surface area contributed by atoms with Crippen molar-refractivity contribution in [2.75, 3.05) is 0 Å². The summed E-state index contributed by atoms with van der Waals surface area (Å²) in [6.45, 7) is 4.38. The van der Waals surface area contributed by atoms with Crippen molar-refractivity contribution in [3.8, 4) is 17.1 Å². The molecule has 5 aromatic carbocycles. The van der Waals surface area contributed by atoms with E-state index in [1.807, 2.05) is 18.2 Å². The zero-order chi connectivity index (χ0) is 28.3. The Morgan fingerprint density at radius 3 is 2.29 bits per heavy atom. The van der Waals surface area contributed by atoms with Gasteiger partial charge in [-0.25, -0.2) is 4.98 Å². The Bertz CT molecular complexity index is 1910. The van der Waals surface area contributed by atoms with Gasteiger partial charge in [-0.15, -0.1) is 0 Å². The second-order valence-electron chi connectivity index (χ2n) is 10.8. The van der Waals surface area contributed by atoms with E-state index in [4.69, 9.17) is 9.98 Å². The molecular formula is C38H32N4. The number of hydrogen-bond donors (Lipinski definition) is 0. The fourth-order valence-corrected chi connectivity index (χ4v) is 6.08. The molecule has 7 rings (SSSR count). The number of benzene rings is 5. The topological polar surface area (TPSA) is 42.5 Å². The molecule has 0 bridgehead atoms. The van der Waals surface area contributed by atoms with Crippen LogP contribution in [0, 0.1) is 0 Å². The highest BCUT2D eigenvalue weighted by Gasteiger charge is 2.22. The van der Waals surface area contributed by atoms with Crippen LogP contribution in [0.25, 0.3) is 27.8 Å². The van der Waals surface area contributed by atoms with E-state index in [2.05, 4.69) is 119 Å². The monoisotopic (exact) mass is 544 g/mol. The molecule has 0 spiro atoms. The van der Waals surface area contributed by atoms with E-state index in [1.54, 1.807) is 0 Å². The molecule has 0 radical (unpaired) electrons. The first-order valence-corrected chi connectivity index (χ1v) is 14.6. The maximum absolute atomic E-state index is 5.22. The molecule has 0 unspecified atom stereocenters. The fraction of sp³-hybridized carbons (Fsp3) is 0.132. The second-order valence-corrected chi connectivity index (χ2v) is 10.8. The Hall–Kier alpha value is -5.09. The standard InChI is InChI=1S/C38H32N4/c1-39-34-19-8-7-17-33(34)37(32-18-11-13-28-12-5-6-16-31(28)32)40-26-27-22-24-29(25-23-27)38-41-35-20-9-10-21-36(35)42(38)30-14-3-2-4-15-30/h2-8,11-19,22-25H,1,9-10,20-21,26H2. The Labute approximate surface area is 246 Å². The predicted octanol–water partition coefficient (Wildman–Crippen LogP) is 8.94. The quantitative estimate of drug-likeness (QED) is 0.185. The molecule has 0 amide bonds. The van der Waals surface area contributed by atoms with Gasteiger partial charge >= 0.3 is 0 Å². The highest BCUT2D eigenvalue weighted by molar-refractivity contribution is 6.21. The molecule has 4 heteroatoms. The van der Waals surface area contributed by atoms with Crippen LogP contribution in [-0.4, -0.2) is 22.0 Å². The molecule has 0 saturated heterocycles. The molecule has 4 nitrogen and oxygen atoms in total. The summed E-state index contributed by atoms with van der Waals surface area (Å²) in [5, 5.41) is 2.36. The van der Waals surface area contributed by atoms with Crippen molar-refractivity contribution in [1.29, 1.82) is 0 Å². The molecule has 1 aliphatic carbocycles. The third-order valence-electron chi connectivity index (χ3n) is 8.15. The third-order valence-corrected chi connectivity index (χ3v) is 8.15. The minimum absolute atomic E-state index is 0.550. The molecule has 1 heterocycles. The van der Waals surface area contributed by atoms with Crippen LogP contribution >= 0.6 is 0 Å². The number of hydrogen-bond acceptors (Lipinski definition) is 3. The zero-order valence-electron chi connectivity index (χ0n) is 23.6. The first kappa shape index (κ1) is 25.8. The van der Waals surface area contributed by atoms with Gasteiger partial charge in [0.15, 0.2) is 0 Å². The van der Waals surface area contributed by atoms with E-state index < -0.39 is 0 Å². The van der Waals surface area contributed by atoms with Gasteiger partial charge in [-0.1, -0.05) is 103 Å². The molecule has 1 aliphatic rings. The molecule has 42 heavy (non-hydrogen) atoms. The zero-order valence-corrected chi connectivity index (χ0v) is 23.6. The van der Waals surface area contributed by atoms with E-state index >= 15 is 0 Å². The van der Waals surface area contributed by atoms with Gasteiger partial charge in [0.2, 0.25) is 0 Å². The third kappa shape index (κ3) is 4.86. The molecule has 1 aromatic heterocycles. The summed E-state index contributed by atoms with van der Waals surface area (Å²) in [4.78, 5) is 14.7. The van der Waals surface area contributed by atoms with Crippen LogP contribution in [0.5, 0.6) is 0 Å². The maximum atomic E-state index is 5.22. The van der Waals surface area contributed by atoms with Crippen LogP contribution in [-0.2, 0) is 19.4 Å². The largest absolute Gasteiger partial charge is 0.296 e. The average Bonchev–Trinajstić information content (AvgIpc) is 3.45. The number of aliphatic imine (C=N–C) groups is 2. The molecule has 204 valence electrons. The lowest BCUT2D eigenvalue weighted by atomic mass is 9.95. The maximum Gasteiger partial charge on any atom is 0.145 e. The van der Waals surface area contributed by atoms with Gasteiger partial charge < -0.3 is 0 Å². The van der Waals surface area contributed by atoms with Crippen LogP contribution < -0.4 is 0 Å². The number of nitrogens with zero attached hydrogens (tertiary/aromatic N) is 4. The first-order valence-electron chi connectivity index (χ1n) is 14.6. The van der Waals surface area contributed by atoms with Crippen molar-refractivity contribution in [1.82, 2.24) is 9.55 Å². The fourth-order valence-electron chi connectivity index (χ4n) is 6.08. The Balaban J connectivity index is 1.27. The molecule has 6 aromatic rings. The predicted molar refractivity (Wildman–Crippen MR) is 175 cm³/mol. The Morgan fingerprint density at radius 1 is 0.714 bits per heavy atom. The summed E-state index contributed by atoms with van der Waals surface area (Å²) < 4.78 is 2.36. The summed E-state index contributed by atoms with van der Waals surface area (Å²) in [5.74, 6) is 1.02.